The lowest BCUT2D eigenvalue weighted by Gasteiger charge is -2.20. The summed E-state index contributed by atoms with van der Waals surface area (Å²) in [7, 11) is 1.93. The fourth-order valence-electron chi connectivity index (χ4n) is 2.00. The average Bonchev–Trinajstić information content (AvgIpc) is 2.48. The molecule has 0 fully saturated rings. The second kappa shape index (κ2) is 6.36. The monoisotopic (exact) mass is 328 g/mol. The van der Waals surface area contributed by atoms with Gasteiger partial charge in [0.05, 0.1) is 11.3 Å². The Kier molecular flexibility index (Phi) is 4.54. The minimum absolute atomic E-state index is 0.509. The summed E-state index contributed by atoms with van der Waals surface area (Å²) < 4.78 is 1.04. The van der Waals surface area contributed by atoms with E-state index >= 15 is 0 Å². The van der Waals surface area contributed by atoms with Gasteiger partial charge in [-0.2, -0.15) is 5.26 Å². The number of rotatable bonds is 4. The van der Waals surface area contributed by atoms with Crippen LogP contribution in [-0.4, -0.2) is 13.3 Å². The maximum Gasteiger partial charge on any atom is 0.150 e. The maximum atomic E-state index is 10.8. The Balaban J connectivity index is 2.25. The fourth-order valence-corrected chi connectivity index (χ4v) is 2.26. The minimum atomic E-state index is 0.509. The van der Waals surface area contributed by atoms with Crippen molar-refractivity contribution in [2.45, 2.75) is 6.54 Å². The quantitative estimate of drug-likeness (QED) is 0.802. The first-order valence-electron chi connectivity index (χ1n) is 6.09. The van der Waals surface area contributed by atoms with E-state index < -0.39 is 0 Å². The van der Waals surface area contributed by atoms with Gasteiger partial charge in [0.25, 0.3) is 0 Å². The number of nitriles is 1. The van der Waals surface area contributed by atoms with Crippen LogP contribution < -0.4 is 4.90 Å². The van der Waals surface area contributed by atoms with Crippen LogP contribution in [0, 0.1) is 11.3 Å². The lowest BCUT2D eigenvalue weighted by atomic mass is 10.1. The second-order valence-corrected chi connectivity index (χ2v) is 5.40. The largest absolute Gasteiger partial charge is 0.369 e. The average molecular weight is 329 g/mol. The summed E-state index contributed by atoms with van der Waals surface area (Å²) >= 11 is 3.41. The third kappa shape index (κ3) is 3.25. The standard InChI is InChI=1S/C16H13BrN2O/c1-19(10-12-2-5-15(17)6-3-12)16-7-4-13(11-20)8-14(16)9-18/h2-8,11H,10H2,1H3. The Morgan fingerprint density at radius 3 is 2.55 bits per heavy atom. The Morgan fingerprint density at radius 2 is 1.95 bits per heavy atom. The van der Waals surface area contributed by atoms with E-state index in [-0.39, 0.29) is 0 Å². The molecule has 100 valence electrons. The molecular weight excluding hydrogens is 316 g/mol. The molecule has 0 aliphatic rings. The van der Waals surface area contributed by atoms with Crippen LogP contribution in [0.5, 0.6) is 0 Å². The molecule has 0 N–H and O–H groups in total. The van der Waals surface area contributed by atoms with E-state index in [4.69, 9.17) is 0 Å². The molecule has 0 saturated carbocycles. The van der Waals surface area contributed by atoms with Crippen LogP contribution >= 0.6 is 15.9 Å². The SMILES string of the molecule is CN(Cc1ccc(Br)cc1)c1ccc(C=O)cc1C#N. The van der Waals surface area contributed by atoms with Gasteiger partial charge in [0.1, 0.15) is 12.4 Å². The molecule has 0 amide bonds. The molecule has 0 spiro atoms. The molecule has 0 radical (unpaired) electrons. The van der Waals surface area contributed by atoms with Crippen LogP contribution in [-0.2, 0) is 6.54 Å². The van der Waals surface area contributed by atoms with Crippen LogP contribution in [0.2, 0.25) is 0 Å². The van der Waals surface area contributed by atoms with Crippen LogP contribution in [0.1, 0.15) is 21.5 Å². The molecule has 0 atom stereocenters. The van der Waals surface area contributed by atoms with Gasteiger partial charge in [-0.1, -0.05) is 28.1 Å². The van der Waals surface area contributed by atoms with Gasteiger partial charge in [0.15, 0.2) is 0 Å². The molecule has 3 nitrogen and oxygen atoms in total. The number of anilines is 1. The first-order valence-corrected chi connectivity index (χ1v) is 6.88. The highest BCUT2D eigenvalue weighted by Gasteiger charge is 2.09. The van der Waals surface area contributed by atoms with Crippen molar-refractivity contribution in [1.29, 1.82) is 5.26 Å². The number of benzene rings is 2. The van der Waals surface area contributed by atoms with Gasteiger partial charge >= 0.3 is 0 Å². The molecule has 2 rings (SSSR count). The van der Waals surface area contributed by atoms with E-state index in [0.29, 0.717) is 17.7 Å². The topological polar surface area (TPSA) is 44.1 Å². The summed E-state index contributed by atoms with van der Waals surface area (Å²) in [4.78, 5) is 12.7. The Hall–Kier alpha value is -2.12. The van der Waals surface area contributed by atoms with Crippen molar-refractivity contribution in [3.63, 3.8) is 0 Å². The van der Waals surface area contributed by atoms with E-state index in [1.54, 1.807) is 18.2 Å². The number of carbonyl (C=O) groups is 1. The Morgan fingerprint density at radius 1 is 1.25 bits per heavy atom. The van der Waals surface area contributed by atoms with E-state index in [9.17, 15) is 10.1 Å². The van der Waals surface area contributed by atoms with Crippen molar-refractivity contribution in [2.24, 2.45) is 0 Å². The molecular formula is C16H13BrN2O. The molecule has 0 aliphatic carbocycles. The van der Waals surface area contributed by atoms with Crippen LogP contribution in [0.4, 0.5) is 5.69 Å². The first-order chi connectivity index (χ1) is 9.63. The smallest absolute Gasteiger partial charge is 0.150 e. The highest BCUT2D eigenvalue weighted by atomic mass is 79.9. The van der Waals surface area contributed by atoms with Gasteiger partial charge in [0, 0.05) is 23.6 Å². The van der Waals surface area contributed by atoms with Crippen LogP contribution in [0.25, 0.3) is 0 Å². The van der Waals surface area contributed by atoms with Crippen LogP contribution in [0.15, 0.2) is 46.9 Å². The number of hydrogen-bond acceptors (Lipinski definition) is 3. The van der Waals surface area contributed by atoms with Crippen molar-refractivity contribution < 1.29 is 4.79 Å². The molecule has 0 saturated heterocycles. The number of hydrogen-bond donors (Lipinski definition) is 0. The summed E-state index contributed by atoms with van der Waals surface area (Å²) in [5.41, 5.74) is 3.00. The third-order valence-corrected chi connectivity index (χ3v) is 3.55. The summed E-state index contributed by atoms with van der Waals surface area (Å²) in [6.45, 7) is 0.697. The van der Waals surface area contributed by atoms with Gasteiger partial charge in [0.2, 0.25) is 0 Å². The number of aldehydes is 1. The molecule has 4 heteroatoms. The lowest BCUT2D eigenvalue weighted by Crippen LogP contribution is -2.17. The summed E-state index contributed by atoms with van der Waals surface area (Å²) in [5, 5.41) is 9.19. The number of carbonyl (C=O) groups excluding carboxylic acids is 1. The minimum Gasteiger partial charge on any atom is -0.369 e. The van der Waals surface area contributed by atoms with Crippen molar-refractivity contribution in [1.82, 2.24) is 0 Å². The first kappa shape index (κ1) is 14.3. The van der Waals surface area contributed by atoms with Crippen molar-refractivity contribution in [3.8, 4) is 6.07 Å². The van der Waals surface area contributed by atoms with Crippen molar-refractivity contribution in [3.05, 3.63) is 63.6 Å². The molecule has 0 bridgehead atoms. The lowest BCUT2D eigenvalue weighted by molar-refractivity contribution is 0.112. The molecule has 2 aromatic carbocycles. The van der Waals surface area contributed by atoms with Gasteiger partial charge in [-0.3, -0.25) is 4.79 Å². The second-order valence-electron chi connectivity index (χ2n) is 4.49. The normalized spacial score (nSPS) is 9.85. The fraction of sp³-hybridized carbons (Fsp3) is 0.125. The van der Waals surface area contributed by atoms with E-state index in [1.807, 2.05) is 36.2 Å². The van der Waals surface area contributed by atoms with Crippen LogP contribution in [0.3, 0.4) is 0 Å². The molecule has 2 aromatic rings. The van der Waals surface area contributed by atoms with E-state index in [0.717, 1.165) is 22.0 Å². The zero-order chi connectivity index (χ0) is 14.5. The number of halogens is 1. The Bertz CT molecular complexity index is 659. The highest BCUT2D eigenvalue weighted by Crippen LogP contribution is 2.22. The van der Waals surface area contributed by atoms with Gasteiger partial charge in [-0.25, -0.2) is 0 Å². The predicted octanol–water partition coefficient (Wildman–Crippen LogP) is 3.77. The molecule has 0 heterocycles. The van der Waals surface area contributed by atoms with Gasteiger partial charge < -0.3 is 4.90 Å². The summed E-state index contributed by atoms with van der Waals surface area (Å²) in [6, 6.07) is 15.3. The Labute approximate surface area is 126 Å². The maximum absolute atomic E-state index is 10.8. The molecule has 0 aliphatic heterocycles. The zero-order valence-electron chi connectivity index (χ0n) is 11.0. The van der Waals surface area contributed by atoms with Crippen molar-refractivity contribution >= 4 is 27.9 Å². The number of nitrogens with zero attached hydrogens (tertiary/aromatic N) is 2. The molecule has 20 heavy (non-hydrogen) atoms. The van der Waals surface area contributed by atoms with Gasteiger partial charge in [-0.05, 0) is 35.9 Å². The molecule has 0 aromatic heterocycles. The highest BCUT2D eigenvalue weighted by molar-refractivity contribution is 9.10. The molecule has 0 unspecified atom stereocenters. The summed E-state index contributed by atoms with van der Waals surface area (Å²) in [6.07, 6.45) is 0.749. The van der Waals surface area contributed by atoms with Crippen molar-refractivity contribution in [2.75, 3.05) is 11.9 Å². The van der Waals surface area contributed by atoms with E-state index in [2.05, 4.69) is 22.0 Å². The van der Waals surface area contributed by atoms with Gasteiger partial charge in [-0.15, -0.1) is 0 Å². The van der Waals surface area contributed by atoms with E-state index in [1.165, 1.54) is 0 Å². The third-order valence-electron chi connectivity index (χ3n) is 3.02. The predicted molar refractivity (Wildman–Crippen MR) is 82.8 cm³/mol. The summed E-state index contributed by atoms with van der Waals surface area (Å²) in [5.74, 6) is 0. The zero-order valence-corrected chi connectivity index (χ0v) is 12.6.